The van der Waals surface area contributed by atoms with Gasteiger partial charge in [0, 0.05) is 12.1 Å². The maximum Gasteiger partial charge on any atom is 0.451 e. The normalized spacial score (nSPS) is 19.1. The molecule has 1 saturated heterocycles. The minimum absolute atomic E-state index is 0.277. The summed E-state index contributed by atoms with van der Waals surface area (Å²) in [5.74, 6) is 0.403. The fourth-order valence-electron chi connectivity index (χ4n) is 3.84. The third-order valence-electron chi connectivity index (χ3n) is 5.64. The molecule has 1 fully saturated rings. The number of hydrogen-bond acceptors (Lipinski definition) is 4. The number of likely N-dealkylation sites (tertiary alicyclic amines) is 1. The third-order valence-corrected chi connectivity index (χ3v) is 5.64. The summed E-state index contributed by atoms with van der Waals surface area (Å²) in [7, 11) is -1.25. The van der Waals surface area contributed by atoms with Crippen molar-refractivity contribution >= 4 is 7.12 Å². The van der Waals surface area contributed by atoms with E-state index in [1.807, 2.05) is 0 Å². The van der Waals surface area contributed by atoms with E-state index in [0.29, 0.717) is 18.8 Å². The Labute approximate surface area is 159 Å². The summed E-state index contributed by atoms with van der Waals surface area (Å²) in [6, 6.07) is 5.39. The molecule has 1 aliphatic rings. The second-order valence-corrected chi connectivity index (χ2v) is 7.98. The van der Waals surface area contributed by atoms with Crippen LogP contribution in [-0.4, -0.2) is 40.7 Å². The predicted octanol–water partition coefficient (Wildman–Crippen LogP) is 3.28. The first-order valence-corrected chi connectivity index (χ1v) is 9.61. The number of benzene rings is 1. The summed E-state index contributed by atoms with van der Waals surface area (Å²) in [4.78, 5) is 2.26. The van der Waals surface area contributed by atoms with Gasteiger partial charge in [-0.1, -0.05) is 25.0 Å². The van der Waals surface area contributed by atoms with Gasteiger partial charge in [-0.25, -0.2) is 0 Å². The Morgan fingerprint density at radius 3 is 2.22 bits per heavy atom. The van der Waals surface area contributed by atoms with E-state index >= 15 is 0 Å². The van der Waals surface area contributed by atoms with Crippen LogP contribution in [0.4, 0.5) is 13.2 Å². The molecule has 8 heteroatoms. The number of nitrogens with two attached hydrogens (primary N) is 1. The van der Waals surface area contributed by atoms with Crippen LogP contribution in [0.1, 0.15) is 50.2 Å². The van der Waals surface area contributed by atoms with Crippen LogP contribution < -0.4 is 5.73 Å². The first kappa shape index (κ1) is 22.2. The lowest BCUT2D eigenvalue weighted by atomic mass is 9.75. The fourth-order valence-corrected chi connectivity index (χ4v) is 3.84. The van der Waals surface area contributed by atoms with Crippen LogP contribution in [0.3, 0.4) is 0 Å². The van der Waals surface area contributed by atoms with Crippen LogP contribution in [0.5, 0.6) is 0 Å². The Balaban J connectivity index is 1.77. The van der Waals surface area contributed by atoms with E-state index in [-0.39, 0.29) is 5.54 Å². The van der Waals surface area contributed by atoms with E-state index in [1.165, 1.54) is 0 Å². The zero-order valence-corrected chi connectivity index (χ0v) is 15.9. The number of halogens is 3. The van der Waals surface area contributed by atoms with Crippen LogP contribution >= 0.6 is 0 Å². The zero-order valence-electron chi connectivity index (χ0n) is 15.9. The van der Waals surface area contributed by atoms with Crippen molar-refractivity contribution in [2.24, 2.45) is 11.7 Å². The van der Waals surface area contributed by atoms with Crippen LogP contribution in [0, 0.1) is 5.92 Å². The van der Waals surface area contributed by atoms with Gasteiger partial charge < -0.3 is 15.8 Å². The molecule has 2 rings (SSSR count). The molecular weight excluding hydrogens is 356 g/mol. The topological polar surface area (TPSA) is 69.7 Å². The fraction of sp³-hybridized carbons (Fsp3) is 0.684. The lowest BCUT2D eigenvalue weighted by Crippen LogP contribution is -2.49. The first-order valence-electron chi connectivity index (χ1n) is 9.61. The molecule has 1 aromatic rings. The Morgan fingerprint density at radius 1 is 1.11 bits per heavy atom. The average Bonchev–Trinajstić information content (AvgIpc) is 2.59. The maximum absolute atomic E-state index is 12.6. The summed E-state index contributed by atoms with van der Waals surface area (Å²) in [6.07, 6.45) is 0.489. The molecule has 0 aliphatic carbocycles. The molecule has 27 heavy (non-hydrogen) atoms. The molecule has 1 aromatic carbocycles. The lowest BCUT2D eigenvalue weighted by Gasteiger charge is -2.40. The van der Waals surface area contributed by atoms with E-state index in [1.54, 1.807) is 12.1 Å². The molecule has 0 amide bonds. The Hall–Kier alpha value is -1.09. The van der Waals surface area contributed by atoms with Gasteiger partial charge in [0.1, 0.15) is 0 Å². The van der Waals surface area contributed by atoms with Gasteiger partial charge in [0.15, 0.2) is 0 Å². The predicted molar refractivity (Wildman–Crippen MR) is 101 cm³/mol. The molecule has 4 nitrogen and oxygen atoms in total. The summed E-state index contributed by atoms with van der Waals surface area (Å²) in [5.41, 5.74) is 6.51. The van der Waals surface area contributed by atoms with Gasteiger partial charge in [0.25, 0.3) is 0 Å². The van der Waals surface area contributed by atoms with E-state index in [2.05, 4.69) is 11.8 Å². The van der Waals surface area contributed by atoms with Crippen molar-refractivity contribution in [2.45, 2.75) is 63.6 Å². The second kappa shape index (κ2) is 9.41. The molecule has 1 aliphatic heterocycles. The number of piperidine rings is 1. The molecule has 0 radical (unpaired) electrons. The second-order valence-electron chi connectivity index (χ2n) is 7.98. The van der Waals surface area contributed by atoms with Crippen molar-refractivity contribution < 1.29 is 23.2 Å². The van der Waals surface area contributed by atoms with Crippen LogP contribution in [-0.2, 0) is 12.7 Å². The molecule has 0 spiro atoms. The van der Waals surface area contributed by atoms with Gasteiger partial charge >= 0.3 is 13.3 Å². The van der Waals surface area contributed by atoms with E-state index in [9.17, 15) is 13.2 Å². The SMILES string of the molecule is CC(N)(CCCCB(O)O)C1CCN(Cc2ccc(C(F)(F)F)cc2)CC1. The lowest BCUT2D eigenvalue weighted by molar-refractivity contribution is -0.137. The summed E-state index contributed by atoms with van der Waals surface area (Å²) >= 11 is 0. The number of unbranched alkanes of at least 4 members (excludes halogenated alkanes) is 1. The molecule has 1 atom stereocenters. The van der Waals surface area contributed by atoms with Crippen molar-refractivity contribution in [1.29, 1.82) is 0 Å². The van der Waals surface area contributed by atoms with E-state index in [4.69, 9.17) is 15.8 Å². The summed E-state index contributed by atoms with van der Waals surface area (Å²) in [6.45, 7) is 4.49. The first-order chi connectivity index (χ1) is 12.6. The van der Waals surface area contributed by atoms with Crippen molar-refractivity contribution in [2.75, 3.05) is 13.1 Å². The standard InChI is InChI=1S/C19H30BF3N2O2/c1-18(24,10-2-3-11-20(26)27)16-8-12-25(13-9-16)14-15-4-6-17(7-5-15)19(21,22)23/h4-7,16,26-27H,2-3,8-14,24H2,1H3. The van der Waals surface area contributed by atoms with Crippen molar-refractivity contribution in [3.05, 3.63) is 35.4 Å². The molecule has 0 aromatic heterocycles. The number of hydrogen-bond donors (Lipinski definition) is 3. The highest BCUT2D eigenvalue weighted by Gasteiger charge is 2.33. The maximum atomic E-state index is 12.6. The highest BCUT2D eigenvalue weighted by Crippen LogP contribution is 2.32. The molecule has 1 heterocycles. The van der Waals surface area contributed by atoms with Crippen molar-refractivity contribution in [1.82, 2.24) is 4.90 Å². The van der Waals surface area contributed by atoms with Crippen LogP contribution in [0.15, 0.2) is 24.3 Å². The molecule has 4 N–H and O–H groups in total. The number of nitrogens with zero attached hydrogens (tertiary/aromatic N) is 1. The quantitative estimate of drug-likeness (QED) is 0.474. The third kappa shape index (κ3) is 7.10. The van der Waals surface area contributed by atoms with Gasteiger partial charge in [-0.3, -0.25) is 4.90 Å². The molecule has 0 saturated carbocycles. The minimum Gasteiger partial charge on any atom is -0.427 e. The molecule has 0 bridgehead atoms. The largest absolute Gasteiger partial charge is 0.451 e. The molecular formula is C19H30BF3N2O2. The monoisotopic (exact) mass is 386 g/mol. The van der Waals surface area contributed by atoms with Crippen LogP contribution in [0.25, 0.3) is 0 Å². The minimum atomic E-state index is -4.29. The van der Waals surface area contributed by atoms with Crippen molar-refractivity contribution in [3.8, 4) is 0 Å². The highest BCUT2D eigenvalue weighted by molar-refractivity contribution is 6.40. The van der Waals surface area contributed by atoms with E-state index < -0.39 is 18.9 Å². The smallest absolute Gasteiger partial charge is 0.427 e. The van der Waals surface area contributed by atoms with Gasteiger partial charge in [0.05, 0.1) is 5.56 Å². The Kier molecular flexibility index (Phi) is 7.74. The summed E-state index contributed by atoms with van der Waals surface area (Å²) < 4.78 is 37.9. The average molecular weight is 386 g/mol. The number of alkyl halides is 3. The van der Waals surface area contributed by atoms with Crippen molar-refractivity contribution in [3.63, 3.8) is 0 Å². The molecule has 1 unspecified atom stereocenters. The van der Waals surface area contributed by atoms with Crippen LogP contribution in [0.2, 0.25) is 6.32 Å². The van der Waals surface area contributed by atoms with Gasteiger partial charge in [-0.05, 0) is 69.2 Å². The zero-order chi connectivity index (χ0) is 20.1. The van der Waals surface area contributed by atoms with Gasteiger partial charge in [0.2, 0.25) is 0 Å². The van der Waals surface area contributed by atoms with Gasteiger partial charge in [-0.2, -0.15) is 13.2 Å². The summed E-state index contributed by atoms with van der Waals surface area (Å²) in [5, 5.41) is 17.8. The highest BCUT2D eigenvalue weighted by atomic mass is 19.4. The molecule has 152 valence electrons. The Morgan fingerprint density at radius 2 is 1.70 bits per heavy atom. The Bertz CT molecular complexity index is 571. The number of rotatable bonds is 8. The van der Waals surface area contributed by atoms with Gasteiger partial charge in [-0.15, -0.1) is 0 Å². The van der Waals surface area contributed by atoms with E-state index in [0.717, 1.165) is 62.9 Å².